The second kappa shape index (κ2) is 8.18. The number of carbonyl (C=O) groups excluding carboxylic acids is 2. The standard InChI is InChI=1S/C20H20N4O3/c1-3-19(25)24(2)16-11-9-15(10-12-16)21-20(26)22-18-13-17(27-23-18)14-7-5-4-6-8-14/h4-13H,3H2,1-2H3,(H2,21,22,23,26). The molecule has 2 N–H and O–H groups in total. The van der Waals surface area contributed by atoms with Crippen LogP contribution in [0.4, 0.5) is 22.0 Å². The molecule has 0 saturated carbocycles. The van der Waals surface area contributed by atoms with Crippen LogP contribution in [0.15, 0.2) is 65.2 Å². The highest BCUT2D eigenvalue weighted by Gasteiger charge is 2.11. The number of benzene rings is 2. The largest absolute Gasteiger partial charge is 0.354 e. The Morgan fingerprint density at radius 2 is 1.74 bits per heavy atom. The summed E-state index contributed by atoms with van der Waals surface area (Å²) in [6.45, 7) is 1.81. The van der Waals surface area contributed by atoms with Gasteiger partial charge in [0, 0.05) is 36.5 Å². The van der Waals surface area contributed by atoms with Gasteiger partial charge in [-0.3, -0.25) is 10.1 Å². The highest BCUT2D eigenvalue weighted by molar-refractivity contribution is 5.99. The van der Waals surface area contributed by atoms with Crippen molar-refractivity contribution in [2.75, 3.05) is 22.6 Å². The molecule has 1 heterocycles. The SMILES string of the molecule is CCC(=O)N(C)c1ccc(NC(=O)Nc2cc(-c3ccccc3)on2)cc1. The van der Waals surface area contributed by atoms with Crippen LogP contribution in [0.2, 0.25) is 0 Å². The number of nitrogens with one attached hydrogen (secondary N) is 2. The third-order valence-corrected chi connectivity index (χ3v) is 4.00. The molecule has 7 nitrogen and oxygen atoms in total. The van der Waals surface area contributed by atoms with E-state index in [1.807, 2.05) is 37.3 Å². The van der Waals surface area contributed by atoms with Gasteiger partial charge in [0.2, 0.25) is 5.91 Å². The maximum atomic E-state index is 12.1. The van der Waals surface area contributed by atoms with Crippen molar-refractivity contribution in [2.24, 2.45) is 0 Å². The minimum atomic E-state index is -0.436. The highest BCUT2D eigenvalue weighted by atomic mass is 16.5. The molecule has 27 heavy (non-hydrogen) atoms. The lowest BCUT2D eigenvalue weighted by atomic mass is 10.2. The van der Waals surface area contributed by atoms with E-state index in [1.54, 1.807) is 42.3 Å². The van der Waals surface area contributed by atoms with Crippen LogP contribution < -0.4 is 15.5 Å². The van der Waals surface area contributed by atoms with E-state index in [0.29, 0.717) is 23.7 Å². The van der Waals surface area contributed by atoms with Crippen molar-refractivity contribution in [3.8, 4) is 11.3 Å². The number of anilines is 3. The van der Waals surface area contributed by atoms with Crippen LogP contribution in [-0.2, 0) is 4.79 Å². The van der Waals surface area contributed by atoms with Crippen molar-refractivity contribution in [3.05, 3.63) is 60.7 Å². The van der Waals surface area contributed by atoms with Gasteiger partial charge in [0.05, 0.1) is 0 Å². The first-order valence-electron chi connectivity index (χ1n) is 8.53. The van der Waals surface area contributed by atoms with Crippen LogP contribution >= 0.6 is 0 Å². The molecule has 3 amide bonds. The van der Waals surface area contributed by atoms with Crippen LogP contribution in [0.25, 0.3) is 11.3 Å². The molecule has 3 aromatic rings. The summed E-state index contributed by atoms with van der Waals surface area (Å²) in [5.41, 5.74) is 2.23. The molecular formula is C20H20N4O3. The molecule has 0 atom stereocenters. The molecule has 0 spiro atoms. The molecule has 0 radical (unpaired) electrons. The summed E-state index contributed by atoms with van der Waals surface area (Å²) in [6.07, 6.45) is 0.432. The first-order valence-corrected chi connectivity index (χ1v) is 8.53. The van der Waals surface area contributed by atoms with Crippen molar-refractivity contribution in [3.63, 3.8) is 0 Å². The molecule has 1 aromatic heterocycles. The van der Waals surface area contributed by atoms with Gasteiger partial charge in [0.25, 0.3) is 0 Å². The Labute approximate surface area is 157 Å². The van der Waals surface area contributed by atoms with Crippen LogP contribution in [0.5, 0.6) is 0 Å². The zero-order chi connectivity index (χ0) is 19.2. The molecule has 0 aliphatic carbocycles. The van der Waals surface area contributed by atoms with Gasteiger partial charge in [-0.15, -0.1) is 0 Å². The third-order valence-electron chi connectivity index (χ3n) is 4.00. The monoisotopic (exact) mass is 364 g/mol. The molecule has 2 aromatic carbocycles. The number of aromatic nitrogens is 1. The maximum absolute atomic E-state index is 12.1. The third kappa shape index (κ3) is 4.52. The Morgan fingerprint density at radius 3 is 2.41 bits per heavy atom. The number of rotatable bonds is 5. The molecular weight excluding hydrogens is 344 g/mol. The Balaban J connectivity index is 1.60. The highest BCUT2D eigenvalue weighted by Crippen LogP contribution is 2.22. The zero-order valence-electron chi connectivity index (χ0n) is 15.1. The van der Waals surface area contributed by atoms with Gasteiger partial charge in [-0.2, -0.15) is 0 Å². The molecule has 0 unspecified atom stereocenters. The lowest BCUT2D eigenvalue weighted by molar-refractivity contribution is -0.118. The van der Waals surface area contributed by atoms with Gasteiger partial charge >= 0.3 is 6.03 Å². The van der Waals surface area contributed by atoms with Gasteiger partial charge in [-0.1, -0.05) is 42.4 Å². The molecule has 138 valence electrons. The lowest BCUT2D eigenvalue weighted by Gasteiger charge is -2.16. The smallest absolute Gasteiger partial charge is 0.324 e. The number of carbonyl (C=O) groups is 2. The van der Waals surface area contributed by atoms with Gasteiger partial charge in [0.15, 0.2) is 11.6 Å². The summed E-state index contributed by atoms with van der Waals surface area (Å²) in [5.74, 6) is 0.906. The molecule has 3 rings (SSSR count). The Morgan fingerprint density at radius 1 is 1.04 bits per heavy atom. The van der Waals surface area contributed by atoms with Gasteiger partial charge in [0.1, 0.15) is 0 Å². The number of hydrogen-bond acceptors (Lipinski definition) is 4. The fourth-order valence-corrected chi connectivity index (χ4v) is 2.50. The first-order chi connectivity index (χ1) is 13.1. The van der Waals surface area contributed by atoms with E-state index in [2.05, 4.69) is 15.8 Å². The number of amides is 3. The van der Waals surface area contributed by atoms with E-state index in [9.17, 15) is 9.59 Å². The van der Waals surface area contributed by atoms with Crippen molar-refractivity contribution < 1.29 is 14.1 Å². The molecule has 7 heteroatoms. The molecule has 0 aliphatic heterocycles. The van der Waals surface area contributed by atoms with Crippen molar-refractivity contribution in [1.29, 1.82) is 0 Å². The Bertz CT molecular complexity index is 920. The van der Waals surface area contributed by atoms with E-state index in [4.69, 9.17) is 4.52 Å². The van der Waals surface area contributed by atoms with Gasteiger partial charge in [-0.25, -0.2) is 4.79 Å². The van der Waals surface area contributed by atoms with E-state index in [1.165, 1.54) is 0 Å². The summed E-state index contributed by atoms with van der Waals surface area (Å²) in [7, 11) is 1.72. The van der Waals surface area contributed by atoms with Gasteiger partial charge < -0.3 is 14.7 Å². The number of nitrogens with zero attached hydrogens (tertiary/aromatic N) is 2. The number of urea groups is 1. The van der Waals surface area contributed by atoms with E-state index in [0.717, 1.165) is 11.3 Å². The summed E-state index contributed by atoms with van der Waals surface area (Å²) < 4.78 is 5.25. The fourth-order valence-electron chi connectivity index (χ4n) is 2.50. The zero-order valence-corrected chi connectivity index (χ0v) is 15.1. The maximum Gasteiger partial charge on any atom is 0.324 e. The van der Waals surface area contributed by atoms with Crippen LogP contribution in [0.3, 0.4) is 0 Å². The molecule has 0 aliphatic rings. The average molecular weight is 364 g/mol. The quantitative estimate of drug-likeness (QED) is 0.704. The topological polar surface area (TPSA) is 87.5 Å². The first kappa shape index (κ1) is 18.2. The van der Waals surface area contributed by atoms with Crippen molar-refractivity contribution in [1.82, 2.24) is 5.16 Å². The summed E-state index contributed by atoms with van der Waals surface area (Å²) >= 11 is 0. The van der Waals surface area contributed by atoms with Gasteiger partial charge in [-0.05, 0) is 24.3 Å². The summed E-state index contributed by atoms with van der Waals surface area (Å²) in [5, 5.41) is 9.19. The minimum Gasteiger partial charge on any atom is -0.354 e. The van der Waals surface area contributed by atoms with E-state index in [-0.39, 0.29) is 5.91 Å². The van der Waals surface area contributed by atoms with Crippen molar-refractivity contribution in [2.45, 2.75) is 13.3 Å². The Hall–Kier alpha value is -3.61. The van der Waals surface area contributed by atoms with Crippen LogP contribution in [-0.4, -0.2) is 24.1 Å². The predicted octanol–water partition coefficient (Wildman–Crippen LogP) is 4.36. The summed E-state index contributed by atoms with van der Waals surface area (Å²) in [4.78, 5) is 25.4. The Kier molecular flexibility index (Phi) is 5.51. The predicted molar refractivity (Wildman–Crippen MR) is 105 cm³/mol. The molecule has 0 fully saturated rings. The van der Waals surface area contributed by atoms with Crippen LogP contribution in [0, 0.1) is 0 Å². The second-order valence-corrected chi connectivity index (χ2v) is 5.87. The minimum absolute atomic E-state index is 0.0219. The van der Waals surface area contributed by atoms with Crippen LogP contribution in [0.1, 0.15) is 13.3 Å². The second-order valence-electron chi connectivity index (χ2n) is 5.87. The van der Waals surface area contributed by atoms with E-state index >= 15 is 0 Å². The normalized spacial score (nSPS) is 10.3. The van der Waals surface area contributed by atoms with E-state index < -0.39 is 6.03 Å². The summed E-state index contributed by atoms with van der Waals surface area (Å²) in [6, 6.07) is 17.7. The lowest BCUT2D eigenvalue weighted by Crippen LogP contribution is -2.25. The average Bonchev–Trinajstić information content (AvgIpc) is 3.16. The molecule has 0 bridgehead atoms. The fraction of sp³-hybridized carbons (Fsp3) is 0.150. The molecule has 0 saturated heterocycles. The van der Waals surface area contributed by atoms with Crippen molar-refractivity contribution >= 4 is 29.1 Å². The number of hydrogen-bond donors (Lipinski definition) is 2.